The molecule has 0 aliphatic rings. The van der Waals surface area contributed by atoms with Crippen LogP contribution in [-0.4, -0.2) is 26.6 Å². The van der Waals surface area contributed by atoms with Gasteiger partial charge >= 0.3 is 0 Å². The van der Waals surface area contributed by atoms with Crippen LogP contribution in [-0.2, 0) is 6.54 Å². The number of halogens is 1. The molecule has 0 spiro atoms. The molecule has 2 heterocycles. The SMILES string of the molecule is NC(=O)c1cccc(CNC(=O)c2nc(-c3cccs3)n(-c3cccc(F)c3)n2)c1. The second kappa shape index (κ2) is 8.26. The largest absolute Gasteiger partial charge is 0.366 e. The lowest BCUT2D eigenvalue weighted by Gasteiger charge is -2.05. The molecule has 0 unspecified atom stereocenters. The first-order chi connectivity index (χ1) is 14.5. The number of primary amides is 1. The van der Waals surface area contributed by atoms with E-state index in [0.717, 1.165) is 4.88 Å². The van der Waals surface area contributed by atoms with Gasteiger partial charge in [0.2, 0.25) is 11.7 Å². The van der Waals surface area contributed by atoms with Crippen LogP contribution in [0.4, 0.5) is 4.39 Å². The number of nitrogens with one attached hydrogen (secondary N) is 1. The minimum absolute atomic E-state index is 0.0475. The summed E-state index contributed by atoms with van der Waals surface area (Å²) in [6.07, 6.45) is 0. The predicted octanol–water partition coefficient (Wildman–Crippen LogP) is 3.16. The molecule has 4 aromatic rings. The summed E-state index contributed by atoms with van der Waals surface area (Å²) < 4.78 is 15.2. The van der Waals surface area contributed by atoms with Gasteiger partial charge in [-0.1, -0.05) is 24.3 Å². The van der Waals surface area contributed by atoms with Crippen molar-refractivity contribution in [2.24, 2.45) is 5.73 Å². The van der Waals surface area contributed by atoms with Gasteiger partial charge in [-0.15, -0.1) is 16.4 Å². The number of nitrogens with zero attached hydrogens (tertiary/aromatic N) is 3. The highest BCUT2D eigenvalue weighted by Crippen LogP contribution is 2.25. The molecule has 0 radical (unpaired) electrons. The first-order valence-electron chi connectivity index (χ1n) is 8.95. The molecule has 0 fully saturated rings. The second-order valence-corrected chi connectivity index (χ2v) is 7.32. The lowest BCUT2D eigenvalue weighted by Crippen LogP contribution is -2.24. The van der Waals surface area contributed by atoms with Gasteiger partial charge in [-0.2, -0.15) is 0 Å². The molecule has 4 rings (SSSR count). The van der Waals surface area contributed by atoms with Gasteiger partial charge in [0.1, 0.15) is 5.82 Å². The summed E-state index contributed by atoms with van der Waals surface area (Å²) in [4.78, 5) is 29.1. The van der Waals surface area contributed by atoms with Crippen molar-refractivity contribution < 1.29 is 14.0 Å². The number of carbonyl (C=O) groups is 2. The van der Waals surface area contributed by atoms with E-state index < -0.39 is 17.6 Å². The van der Waals surface area contributed by atoms with E-state index in [4.69, 9.17) is 5.73 Å². The lowest BCUT2D eigenvalue weighted by molar-refractivity contribution is 0.0940. The topological polar surface area (TPSA) is 103 Å². The highest BCUT2D eigenvalue weighted by molar-refractivity contribution is 7.13. The van der Waals surface area contributed by atoms with E-state index in [1.54, 1.807) is 36.4 Å². The monoisotopic (exact) mass is 421 g/mol. The first kappa shape index (κ1) is 19.5. The summed E-state index contributed by atoms with van der Waals surface area (Å²) in [6.45, 7) is 0.169. The molecule has 0 aliphatic heterocycles. The number of rotatable bonds is 6. The number of thiophene rings is 1. The maximum atomic E-state index is 13.7. The molecular formula is C21H16FN5O2S. The van der Waals surface area contributed by atoms with Crippen LogP contribution in [0.25, 0.3) is 16.4 Å². The number of hydrogen-bond acceptors (Lipinski definition) is 5. The van der Waals surface area contributed by atoms with Crippen LogP contribution < -0.4 is 11.1 Å². The predicted molar refractivity (Wildman–Crippen MR) is 111 cm³/mol. The average molecular weight is 421 g/mol. The molecule has 150 valence electrons. The Morgan fingerprint density at radius 1 is 1.10 bits per heavy atom. The Kier molecular flexibility index (Phi) is 5.36. The third-order valence-electron chi connectivity index (χ3n) is 4.27. The fraction of sp³-hybridized carbons (Fsp3) is 0.0476. The van der Waals surface area contributed by atoms with Gasteiger partial charge in [0.05, 0.1) is 10.6 Å². The first-order valence-corrected chi connectivity index (χ1v) is 9.83. The van der Waals surface area contributed by atoms with E-state index in [9.17, 15) is 14.0 Å². The smallest absolute Gasteiger partial charge is 0.291 e. The van der Waals surface area contributed by atoms with Gasteiger partial charge in [-0.05, 0) is 47.3 Å². The summed E-state index contributed by atoms with van der Waals surface area (Å²) in [5.74, 6) is -1.06. The van der Waals surface area contributed by atoms with Crippen LogP contribution in [0, 0.1) is 5.82 Å². The molecule has 9 heteroatoms. The number of hydrogen-bond donors (Lipinski definition) is 2. The fourth-order valence-corrected chi connectivity index (χ4v) is 3.56. The van der Waals surface area contributed by atoms with Crippen LogP contribution in [0.15, 0.2) is 66.0 Å². The van der Waals surface area contributed by atoms with Gasteiger partial charge in [-0.3, -0.25) is 9.59 Å². The van der Waals surface area contributed by atoms with Crippen molar-refractivity contribution in [2.45, 2.75) is 6.54 Å². The van der Waals surface area contributed by atoms with Crippen molar-refractivity contribution in [3.63, 3.8) is 0 Å². The van der Waals surface area contributed by atoms with Crippen LogP contribution in [0.3, 0.4) is 0 Å². The quantitative estimate of drug-likeness (QED) is 0.499. The molecule has 3 N–H and O–H groups in total. The fourth-order valence-electron chi connectivity index (χ4n) is 2.86. The van der Waals surface area contributed by atoms with Crippen LogP contribution in [0.1, 0.15) is 26.5 Å². The lowest BCUT2D eigenvalue weighted by atomic mass is 10.1. The Morgan fingerprint density at radius 3 is 2.67 bits per heavy atom. The number of aromatic nitrogens is 3. The van der Waals surface area contributed by atoms with Gasteiger partial charge in [0.25, 0.3) is 5.91 Å². The highest BCUT2D eigenvalue weighted by atomic mass is 32.1. The number of carbonyl (C=O) groups excluding carboxylic acids is 2. The Bertz CT molecular complexity index is 1220. The number of nitrogens with two attached hydrogens (primary N) is 1. The Balaban J connectivity index is 1.61. The van der Waals surface area contributed by atoms with Crippen molar-refractivity contribution in [3.05, 3.63) is 88.8 Å². The zero-order chi connectivity index (χ0) is 21.1. The van der Waals surface area contributed by atoms with Crippen molar-refractivity contribution in [1.82, 2.24) is 20.1 Å². The third kappa shape index (κ3) is 4.11. The summed E-state index contributed by atoms with van der Waals surface area (Å²) in [5, 5.41) is 8.91. The van der Waals surface area contributed by atoms with Crippen molar-refractivity contribution >= 4 is 23.2 Å². The Morgan fingerprint density at radius 2 is 1.93 bits per heavy atom. The van der Waals surface area contributed by atoms with Gasteiger partial charge in [0.15, 0.2) is 5.82 Å². The maximum absolute atomic E-state index is 13.7. The normalized spacial score (nSPS) is 10.7. The third-order valence-corrected chi connectivity index (χ3v) is 5.13. The number of benzene rings is 2. The number of amides is 2. The van der Waals surface area contributed by atoms with E-state index in [2.05, 4.69) is 15.4 Å². The van der Waals surface area contributed by atoms with Gasteiger partial charge in [0, 0.05) is 12.1 Å². The highest BCUT2D eigenvalue weighted by Gasteiger charge is 2.19. The molecule has 0 atom stereocenters. The van der Waals surface area contributed by atoms with Crippen molar-refractivity contribution in [3.8, 4) is 16.4 Å². The summed E-state index contributed by atoms with van der Waals surface area (Å²) in [6, 6.07) is 16.3. The van der Waals surface area contributed by atoms with E-state index in [1.807, 2.05) is 17.5 Å². The van der Waals surface area contributed by atoms with E-state index in [1.165, 1.54) is 28.2 Å². The molecule has 0 saturated heterocycles. The van der Waals surface area contributed by atoms with Gasteiger partial charge < -0.3 is 11.1 Å². The zero-order valence-corrected chi connectivity index (χ0v) is 16.4. The van der Waals surface area contributed by atoms with Crippen LogP contribution >= 0.6 is 11.3 Å². The minimum Gasteiger partial charge on any atom is -0.366 e. The molecule has 0 bridgehead atoms. The van der Waals surface area contributed by atoms with E-state index in [-0.39, 0.29) is 12.4 Å². The van der Waals surface area contributed by atoms with Crippen molar-refractivity contribution in [1.29, 1.82) is 0 Å². The zero-order valence-electron chi connectivity index (χ0n) is 15.6. The average Bonchev–Trinajstić information content (AvgIpc) is 3.42. The molecule has 7 nitrogen and oxygen atoms in total. The summed E-state index contributed by atoms with van der Waals surface area (Å²) >= 11 is 1.44. The molecule has 0 aliphatic carbocycles. The molecule has 30 heavy (non-hydrogen) atoms. The van der Waals surface area contributed by atoms with Crippen LogP contribution in [0.2, 0.25) is 0 Å². The standard InChI is InChI=1S/C21H16FN5O2S/c22-15-6-2-7-16(11-15)27-20(17-8-3-9-30-17)25-19(26-27)21(29)24-12-13-4-1-5-14(10-13)18(23)28/h1-11H,12H2,(H2,23,28)(H,24,29). The van der Waals surface area contributed by atoms with Crippen molar-refractivity contribution in [2.75, 3.05) is 0 Å². The molecule has 2 aromatic carbocycles. The van der Waals surface area contributed by atoms with Gasteiger partial charge in [-0.25, -0.2) is 14.1 Å². The molecule has 2 amide bonds. The summed E-state index contributed by atoms with van der Waals surface area (Å²) in [7, 11) is 0. The minimum atomic E-state index is -0.542. The maximum Gasteiger partial charge on any atom is 0.291 e. The Hall–Kier alpha value is -3.85. The molecule has 2 aromatic heterocycles. The molecule has 0 saturated carbocycles. The van der Waals surface area contributed by atoms with E-state index >= 15 is 0 Å². The Labute approximate surface area is 175 Å². The van der Waals surface area contributed by atoms with Crippen LogP contribution in [0.5, 0.6) is 0 Å². The molecular weight excluding hydrogens is 405 g/mol. The summed E-state index contributed by atoms with van der Waals surface area (Å²) in [5.41, 5.74) is 6.81. The van der Waals surface area contributed by atoms with E-state index in [0.29, 0.717) is 22.6 Å². The second-order valence-electron chi connectivity index (χ2n) is 6.38.